The minimum atomic E-state index is -0.268. The highest BCUT2D eigenvalue weighted by atomic mass is 16.2. The number of rotatable bonds is 5. The van der Waals surface area contributed by atoms with Gasteiger partial charge in [-0.1, -0.05) is 84.4 Å². The summed E-state index contributed by atoms with van der Waals surface area (Å²) < 4.78 is 0. The second kappa shape index (κ2) is 7.67. The van der Waals surface area contributed by atoms with Gasteiger partial charge in [0.2, 0.25) is 5.91 Å². The molecule has 1 fully saturated rings. The van der Waals surface area contributed by atoms with E-state index in [2.05, 4.69) is 66.8 Å². The molecule has 3 aromatic rings. The highest BCUT2D eigenvalue weighted by molar-refractivity contribution is 6.00. The number of nitrogens with one attached hydrogen (secondary N) is 1. The van der Waals surface area contributed by atoms with E-state index in [1.807, 2.05) is 43.3 Å². The summed E-state index contributed by atoms with van der Waals surface area (Å²) >= 11 is 0. The van der Waals surface area contributed by atoms with Crippen molar-refractivity contribution in [2.45, 2.75) is 32.6 Å². The molecule has 0 saturated heterocycles. The van der Waals surface area contributed by atoms with Crippen LogP contribution in [0.1, 0.15) is 41.2 Å². The second-order valence-electron chi connectivity index (χ2n) is 7.95. The maximum atomic E-state index is 13.0. The van der Waals surface area contributed by atoms with E-state index >= 15 is 0 Å². The first-order chi connectivity index (χ1) is 14.0. The molecule has 0 unspecified atom stereocenters. The van der Waals surface area contributed by atoms with Crippen LogP contribution in [0.5, 0.6) is 0 Å². The van der Waals surface area contributed by atoms with E-state index in [4.69, 9.17) is 0 Å². The molecule has 1 atom stereocenters. The summed E-state index contributed by atoms with van der Waals surface area (Å²) in [5.41, 5.74) is 9.18. The molecule has 1 aliphatic rings. The average Bonchev–Trinajstić information content (AvgIpc) is 3.50. The number of nitrogens with zero attached hydrogens (tertiary/aromatic N) is 1. The van der Waals surface area contributed by atoms with E-state index < -0.39 is 0 Å². The predicted molar refractivity (Wildman–Crippen MR) is 118 cm³/mol. The Morgan fingerprint density at radius 2 is 1.52 bits per heavy atom. The molecular formula is C26H26N2O. The Balaban J connectivity index is 1.57. The Labute approximate surface area is 172 Å². The van der Waals surface area contributed by atoms with Crippen LogP contribution in [0.15, 0.2) is 84.0 Å². The van der Waals surface area contributed by atoms with Gasteiger partial charge in [0.15, 0.2) is 0 Å². The van der Waals surface area contributed by atoms with Crippen molar-refractivity contribution in [2.24, 2.45) is 11.0 Å². The molecule has 3 nitrogen and oxygen atoms in total. The molecule has 0 aromatic heterocycles. The number of carbonyl (C=O) groups is 1. The molecule has 146 valence electrons. The molecule has 1 aliphatic carbocycles. The van der Waals surface area contributed by atoms with Crippen molar-refractivity contribution < 1.29 is 4.79 Å². The quantitative estimate of drug-likeness (QED) is 0.481. The lowest BCUT2D eigenvalue weighted by Crippen LogP contribution is -2.26. The highest BCUT2D eigenvalue weighted by Gasteiger charge is 2.60. The summed E-state index contributed by atoms with van der Waals surface area (Å²) in [6, 6.07) is 26.9. The van der Waals surface area contributed by atoms with Crippen LogP contribution in [0.3, 0.4) is 0 Å². The van der Waals surface area contributed by atoms with Crippen LogP contribution < -0.4 is 5.43 Å². The molecular weight excluding hydrogens is 356 g/mol. The Morgan fingerprint density at radius 1 is 0.931 bits per heavy atom. The van der Waals surface area contributed by atoms with Gasteiger partial charge in [-0.05, 0) is 43.9 Å². The number of carbonyl (C=O) groups excluding carboxylic acids is 1. The van der Waals surface area contributed by atoms with Gasteiger partial charge in [-0.25, -0.2) is 5.43 Å². The van der Waals surface area contributed by atoms with Crippen molar-refractivity contribution in [1.29, 1.82) is 0 Å². The average molecular weight is 383 g/mol. The third-order valence-electron chi connectivity index (χ3n) is 5.96. The van der Waals surface area contributed by atoms with E-state index in [0.29, 0.717) is 0 Å². The molecule has 3 aromatic carbocycles. The van der Waals surface area contributed by atoms with Crippen LogP contribution in [0.4, 0.5) is 0 Å². The molecule has 0 spiro atoms. The van der Waals surface area contributed by atoms with Crippen molar-refractivity contribution in [3.63, 3.8) is 0 Å². The van der Waals surface area contributed by atoms with Crippen molar-refractivity contribution >= 4 is 11.6 Å². The summed E-state index contributed by atoms with van der Waals surface area (Å²) in [6.07, 6.45) is 0.797. The first kappa shape index (κ1) is 19.1. The monoisotopic (exact) mass is 382 g/mol. The third-order valence-corrected chi connectivity index (χ3v) is 5.96. The van der Waals surface area contributed by atoms with Gasteiger partial charge in [0, 0.05) is 11.0 Å². The first-order valence-corrected chi connectivity index (χ1v) is 10.0. The molecule has 0 radical (unpaired) electrons. The van der Waals surface area contributed by atoms with Crippen LogP contribution in [0.2, 0.25) is 0 Å². The molecule has 3 heteroatoms. The third kappa shape index (κ3) is 3.61. The zero-order valence-corrected chi connectivity index (χ0v) is 17.1. The van der Waals surface area contributed by atoms with E-state index in [9.17, 15) is 4.79 Å². The lowest BCUT2D eigenvalue weighted by molar-refractivity contribution is -0.122. The molecule has 0 heterocycles. The summed E-state index contributed by atoms with van der Waals surface area (Å²) in [7, 11) is 0. The van der Waals surface area contributed by atoms with Gasteiger partial charge in [0.1, 0.15) is 0 Å². The fourth-order valence-corrected chi connectivity index (χ4v) is 4.35. The number of hydrazone groups is 1. The number of aryl methyl sites for hydroxylation is 2. The van der Waals surface area contributed by atoms with Crippen LogP contribution in [0, 0.1) is 19.8 Å². The summed E-state index contributed by atoms with van der Waals surface area (Å²) in [5, 5.41) is 4.42. The van der Waals surface area contributed by atoms with Crippen LogP contribution in [0.25, 0.3) is 0 Å². The Hall–Kier alpha value is -3.20. The van der Waals surface area contributed by atoms with Crippen molar-refractivity contribution in [3.8, 4) is 0 Å². The van der Waals surface area contributed by atoms with Crippen molar-refractivity contribution in [3.05, 3.63) is 107 Å². The largest absolute Gasteiger partial charge is 0.273 e. The summed E-state index contributed by atoms with van der Waals surface area (Å²) in [4.78, 5) is 13.0. The highest BCUT2D eigenvalue weighted by Crippen LogP contribution is 2.58. The van der Waals surface area contributed by atoms with Crippen LogP contribution in [-0.2, 0) is 10.2 Å². The maximum Gasteiger partial charge on any atom is 0.244 e. The molecule has 1 N–H and O–H groups in total. The molecule has 0 bridgehead atoms. The van der Waals surface area contributed by atoms with E-state index in [0.717, 1.165) is 23.3 Å². The smallest absolute Gasteiger partial charge is 0.244 e. The summed E-state index contributed by atoms with van der Waals surface area (Å²) in [5.74, 6) is -0.148. The minimum absolute atomic E-state index is 0.0261. The minimum Gasteiger partial charge on any atom is -0.273 e. The fourth-order valence-electron chi connectivity index (χ4n) is 4.35. The zero-order chi connectivity index (χ0) is 20.4. The van der Waals surface area contributed by atoms with Gasteiger partial charge >= 0.3 is 0 Å². The number of amides is 1. The lowest BCUT2D eigenvalue weighted by atomic mass is 9.85. The molecule has 0 aliphatic heterocycles. The Morgan fingerprint density at radius 3 is 2.07 bits per heavy atom. The number of benzene rings is 3. The van der Waals surface area contributed by atoms with Gasteiger partial charge in [0.05, 0.1) is 11.6 Å². The SMILES string of the molecule is CC(=NNC(=O)[C@H]1CC1(c1ccccc1)c1ccccc1)c1ccc(C)cc1C. The normalized spacial score (nSPS) is 17.6. The lowest BCUT2D eigenvalue weighted by Gasteiger charge is -2.18. The molecule has 29 heavy (non-hydrogen) atoms. The van der Waals surface area contributed by atoms with Gasteiger partial charge in [-0.15, -0.1) is 0 Å². The van der Waals surface area contributed by atoms with E-state index in [1.165, 1.54) is 16.7 Å². The van der Waals surface area contributed by atoms with Gasteiger partial charge in [-0.3, -0.25) is 4.79 Å². The topological polar surface area (TPSA) is 41.5 Å². The van der Waals surface area contributed by atoms with Gasteiger partial charge < -0.3 is 0 Å². The van der Waals surface area contributed by atoms with Gasteiger partial charge in [0.25, 0.3) is 0 Å². The zero-order valence-electron chi connectivity index (χ0n) is 17.1. The molecule has 1 saturated carbocycles. The fraction of sp³-hybridized carbons (Fsp3) is 0.231. The summed E-state index contributed by atoms with van der Waals surface area (Å²) in [6.45, 7) is 6.08. The van der Waals surface area contributed by atoms with Crippen LogP contribution in [-0.4, -0.2) is 11.6 Å². The first-order valence-electron chi connectivity index (χ1n) is 10.0. The number of hydrogen-bond acceptors (Lipinski definition) is 2. The van der Waals surface area contributed by atoms with Gasteiger partial charge in [-0.2, -0.15) is 5.10 Å². The molecule has 4 rings (SSSR count). The van der Waals surface area contributed by atoms with E-state index in [-0.39, 0.29) is 17.2 Å². The van der Waals surface area contributed by atoms with Crippen molar-refractivity contribution in [2.75, 3.05) is 0 Å². The Kier molecular flexibility index (Phi) is 5.06. The second-order valence-corrected chi connectivity index (χ2v) is 7.95. The standard InChI is InChI=1S/C26H26N2O/c1-18-14-15-23(19(2)16-18)20(3)27-28-25(29)24-17-26(24,21-10-6-4-7-11-21)22-12-8-5-9-13-22/h4-16,24H,17H2,1-3H3,(H,28,29)/t24-/m1/s1. The van der Waals surface area contributed by atoms with Crippen LogP contribution >= 0.6 is 0 Å². The van der Waals surface area contributed by atoms with E-state index in [1.54, 1.807) is 0 Å². The number of hydrogen-bond donors (Lipinski definition) is 1. The Bertz CT molecular complexity index is 1020. The molecule has 1 amide bonds. The maximum absolute atomic E-state index is 13.0. The predicted octanol–water partition coefficient (Wildman–Crippen LogP) is 5.15. The van der Waals surface area contributed by atoms with Crippen molar-refractivity contribution in [1.82, 2.24) is 5.43 Å².